The third-order valence-corrected chi connectivity index (χ3v) is 3.79. The zero-order valence-electron chi connectivity index (χ0n) is 11.5. The summed E-state index contributed by atoms with van der Waals surface area (Å²) >= 11 is 1.53. The molecule has 0 radical (unpaired) electrons. The van der Waals surface area contributed by atoms with Crippen LogP contribution >= 0.6 is 11.3 Å². The molecular weight excluding hydrogens is 275 g/mol. The van der Waals surface area contributed by atoms with Gasteiger partial charge >= 0.3 is 0 Å². The molecule has 1 amide bonds. The summed E-state index contributed by atoms with van der Waals surface area (Å²) in [6, 6.07) is 6.30. The first-order valence-corrected chi connectivity index (χ1v) is 7.42. The summed E-state index contributed by atoms with van der Waals surface area (Å²) in [6.45, 7) is 4.32. The Hall–Kier alpha value is -1.75. The van der Waals surface area contributed by atoms with Gasteiger partial charge in [0.05, 0.1) is 5.69 Å². The molecule has 0 aliphatic heterocycles. The van der Waals surface area contributed by atoms with Crippen molar-refractivity contribution >= 4 is 17.2 Å². The summed E-state index contributed by atoms with van der Waals surface area (Å²) in [6.07, 6.45) is 0.705. The van der Waals surface area contributed by atoms with E-state index < -0.39 is 0 Å². The quantitative estimate of drug-likeness (QED) is 0.919. The third kappa shape index (κ3) is 3.87. The molecule has 0 aliphatic carbocycles. The highest BCUT2D eigenvalue weighted by molar-refractivity contribution is 7.13. The van der Waals surface area contributed by atoms with E-state index in [1.54, 1.807) is 12.1 Å². The minimum Gasteiger partial charge on any atom is -0.355 e. The van der Waals surface area contributed by atoms with Gasteiger partial charge in [-0.3, -0.25) is 4.79 Å². The van der Waals surface area contributed by atoms with Gasteiger partial charge in [-0.1, -0.05) is 13.8 Å². The summed E-state index contributed by atoms with van der Waals surface area (Å²) in [7, 11) is 0. The average molecular weight is 292 g/mol. The van der Waals surface area contributed by atoms with E-state index in [0.29, 0.717) is 13.0 Å². The molecule has 0 spiro atoms. The third-order valence-electron chi connectivity index (χ3n) is 2.85. The number of amides is 1. The highest BCUT2D eigenvalue weighted by Crippen LogP contribution is 2.23. The fourth-order valence-corrected chi connectivity index (χ4v) is 2.53. The fraction of sp³-hybridized carbons (Fsp3) is 0.333. The van der Waals surface area contributed by atoms with E-state index in [0.717, 1.165) is 16.3 Å². The van der Waals surface area contributed by atoms with Crippen molar-refractivity contribution in [1.82, 2.24) is 10.3 Å². The lowest BCUT2D eigenvalue weighted by Crippen LogP contribution is -2.29. The second kappa shape index (κ2) is 6.61. The van der Waals surface area contributed by atoms with Crippen molar-refractivity contribution in [3.05, 3.63) is 41.2 Å². The minimum atomic E-state index is -0.248. The lowest BCUT2D eigenvalue weighted by Gasteiger charge is -2.05. The second-order valence-electron chi connectivity index (χ2n) is 4.85. The maximum absolute atomic E-state index is 12.9. The van der Waals surface area contributed by atoms with Crippen LogP contribution in [0.4, 0.5) is 4.39 Å². The lowest BCUT2D eigenvalue weighted by atomic mass is 10.2. The van der Waals surface area contributed by atoms with Gasteiger partial charge in [0.15, 0.2) is 0 Å². The van der Waals surface area contributed by atoms with Crippen molar-refractivity contribution in [1.29, 1.82) is 0 Å². The van der Waals surface area contributed by atoms with Crippen molar-refractivity contribution < 1.29 is 9.18 Å². The lowest BCUT2D eigenvalue weighted by molar-refractivity contribution is -0.123. The van der Waals surface area contributed by atoms with Gasteiger partial charge in [0.2, 0.25) is 5.91 Å². The van der Waals surface area contributed by atoms with Gasteiger partial charge in [0, 0.05) is 29.8 Å². The number of thiazole rings is 1. The van der Waals surface area contributed by atoms with Crippen LogP contribution in [0.2, 0.25) is 0 Å². The van der Waals surface area contributed by atoms with Crippen LogP contribution in [0.1, 0.15) is 19.5 Å². The molecular formula is C15H17FN2OS. The van der Waals surface area contributed by atoms with Crippen molar-refractivity contribution in [3.8, 4) is 10.6 Å². The van der Waals surface area contributed by atoms with Gasteiger partial charge < -0.3 is 5.32 Å². The number of hydrogen-bond donors (Lipinski definition) is 1. The maximum atomic E-state index is 12.9. The largest absolute Gasteiger partial charge is 0.355 e. The van der Waals surface area contributed by atoms with Gasteiger partial charge in [-0.05, 0) is 24.3 Å². The molecule has 0 fully saturated rings. The van der Waals surface area contributed by atoms with E-state index in [1.807, 2.05) is 19.2 Å². The summed E-state index contributed by atoms with van der Waals surface area (Å²) < 4.78 is 12.9. The van der Waals surface area contributed by atoms with Crippen molar-refractivity contribution in [2.75, 3.05) is 6.54 Å². The zero-order valence-corrected chi connectivity index (χ0v) is 12.3. The Bertz CT molecular complexity index is 578. The molecule has 2 aromatic rings. The van der Waals surface area contributed by atoms with Gasteiger partial charge in [0.25, 0.3) is 0 Å². The highest BCUT2D eigenvalue weighted by atomic mass is 32.1. The number of halogens is 1. The molecule has 1 N–H and O–H groups in total. The smallest absolute Gasteiger partial charge is 0.222 e. The van der Waals surface area contributed by atoms with E-state index in [1.165, 1.54) is 23.5 Å². The first-order chi connectivity index (χ1) is 9.56. The van der Waals surface area contributed by atoms with Crippen LogP contribution in [0.15, 0.2) is 29.6 Å². The Morgan fingerprint density at radius 1 is 1.35 bits per heavy atom. The molecule has 0 saturated carbocycles. The average Bonchev–Trinajstić information content (AvgIpc) is 2.88. The van der Waals surface area contributed by atoms with Crippen molar-refractivity contribution in [2.45, 2.75) is 20.3 Å². The molecule has 0 unspecified atom stereocenters. The molecule has 1 aromatic heterocycles. The topological polar surface area (TPSA) is 42.0 Å². The van der Waals surface area contributed by atoms with Gasteiger partial charge in [-0.15, -0.1) is 11.3 Å². The van der Waals surface area contributed by atoms with Crippen LogP contribution in [-0.2, 0) is 11.2 Å². The number of aromatic nitrogens is 1. The molecule has 0 saturated heterocycles. The van der Waals surface area contributed by atoms with E-state index in [4.69, 9.17) is 0 Å². The first-order valence-electron chi connectivity index (χ1n) is 6.54. The van der Waals surface area contributed by atoms with E-state index in [9.17, 15) is 9.18 Å². The molecule has 1 heterocycles. The molecule has 0 bridgehead atoms. The van der Waals surface area contributed by atoms with Crippen LogP contribution in [0.5, 0.6) is 0 Å². The van der Waals surface area contributed by atoms with Crippen molar-refractivity contribution in [2.24, 2.45) is 5.92 Å². The Morgan fingerprint density at radius 3 is 2.70 bits per heavy atom. The Labute approximate surface area is 121 Å². The van der Waals surface area contributed by atoms with E-state index in [2.05, 4.69) is 10.3 Å². The first kappa shape index (κ1) is 14.7. The predicted molar refractivity (Wildman–Crippen MR) is 79.1 cm³/mol. The molecule has 1 aromatic carbocycles. The predicted octanol–water partition coefficient (Wildman–Crippen LogP) is 3.26. The Balaban J connectivity index is 1.92. The number of rotatable bonds is 5. The van der Waals surface area contributed by atoms with Crippen molar-refractivity contribution in [3.63, 3.8) is 0 Å². The molecule has 3 nitrogen and oxygen atoms in total. The van der Waals surface area contributed by atoms with Gasteiger partial charge in [-0.25, -0.2) is 9.37 Å². The van der Waals surface area contributed by atoms with Crippen LogP contribution in [0, 0.1) is 11.7 Å². The zero-order chi connectivity index (χ0) is 14.5. The Kier molecular flexibility index (Phi) is 4.84. The fourth-order valence-electron chi connectivity index (χ4n) is 1.66. The molecule has 20 heavy (non-hydrogen) atoms. The number of carbonyl (C=O) groups is 1. The maximum Gasteiger partial charge on any atom is 0.222 e. The molecule has 5 heteroatoms. The Morgan fingerprint density at radius 2 is 2.05 bits per heavy atom. The summed E-state index contributed by atoms with van der Waals surface area (Å²) in [5, 5.41) is 5.71. The SMILES string of the molecule is CC(C)C(=O)NCCc1csc(-c2ccc(F)cc2)n1. The van der Waals surface area contributed by atoms with Gasteiger partial charge in [-0.2, -0.15) is 0 Å². The highest BCUT2D eigenvalue weighted by Gasteiger charge is 2.07. The van der Waals surface area contributed by atoms with E-state index in [-0.39, 0.29) is 17.6 Å². The number of nitrogens with zero attached hydrogens (tertiary/aromatic N) is 1. The van der Waals surface area contributed by atoms with Crippen LogP contribution < -0.4 is 5.32 Å². The second-order valence-corrected chi connectivity index (χ2v) is 5.70. The number of hydrogen-bond acceptors (Lipinski definition) is 3. The van der Waals surface area contributed by atoms with Crippen LogP contribution in [0.25, 0.3) is 10.6 Å². The number of carbonyl (C=O) groups excluding carboxylic acids is 1. The molecule has 0 aliphatic rings. The van der Waals surface area contributed by atoms with Crippen LogP contribution in [0.3, 0.4) is 0 Å². The number of benzene rings is 1. The number of nitrogens with one attached hydrogen (secondary N) is 1. The minimum absolute atomic E-state index is 0.000195. The van der Waals surface area contributed by atoms with E-state index >= 15 is 0 Å². The van der Waals surface area contributed by atoms with Gasteiger partial charge in [0.1, 0.15) is 10.8 Å². The monoisotopic (exact) mass is 292 g/mol. The summed E-state index contributed by atoms with van der Waals surface area (Å²) in [5.74, 6) is -0.193. The van der Waals surface area contributed by atoms with Crippen LogP contribution in [-0.4, -0.2) is 17.4 Å². The summed E-state index contributed by atoms with van der Waals surface area (Å²) in [5.41, 5.74) is 1.85. The summed E-state index contributed by atoms with van der Waals surface area (Å²) in [4.78, 5) is 15.9. The molecule has 106 valence electrons. The molecule has 0 atom stereocenters. The standard InChI is InChI=1S/C15H17FN2OS/c1-10(2)14(19)17-8-7-13-9-20-15(18-13)11-3-5-12(16)6-4-11/h3-6,9-10H,7-8H2,1-2H3,(H,17,19). The molecule has 2 rings (SSSR count). The normalized spacial score (nSPS) is 10.8.